The molecule has 0 aliphatic carbocycles. The summed E-state index contributed by atoms with van der Waals surface area (Å²) in [4.78, 5) is 38.7. The number of nitrogens with one attached hydrogen (secondary N) is 1. The molecule has 0 heterocycles. The van der Waals surface area contributed by atoms with Crippen LogP contribution in [-0.4, -0.2) is 55.4 Å². The van der Waals surface area contributed by atoms with E-state index in [0.29, 0.717) is 18.5 Å². The highest BCUT2D eigenvalue weighted by atomic mass is 32.2. The van der Waals surface area contributed by atoms with Crippen LogP contribution in [0.4, 0.5) is 11.4 Å². The van der Waals surface area contributed by atoms with Crippen molar-refractivity contribution in [2.45, 2.75) is 53.1 Å². The monoisotopic (exact) mass is 518 g/mol. The number of aryl methyl sites for hydroxylation is 2. The third-order valence-electron chi connectivity index (χ3n) is 5.72. The standard InChI is InChI=1S/C25H34N4O6S/c1-6-13-26-25(31)22(7-2)27(16-20-10-8-9-18(3)14-20)24(30)17-28(36(5,34)35)23-15-21(29(32)33)12-11-19(23)4/h8-12,14-15,22H,6-7,13,16-17H2,1-5H3,(H,26,31)/t22-/m1/s1. The molecule has 1 atom stereocenters. The first-order valence-electron chi connectivity index (χ1n) is 11.7. The van der Waals surface area contributed by atoms with E-state index >= 15 is 0 Å². The van der Waals surface area contributed by atoms with Crippen LogP contribution in [0.3, 0.4) is 0 Å². The Balaban J connectivity index is 2.51. The van der Waals surface area contributed by atoms with E-state index in [2.05, 4.69) is 5.32 Å². The lowest BCUT2D eigenvalue weighted by molar-refractivity contribution is -0.384. The lowest BCUT2D eigenvalue weighted by Gasteiger charge is -2.33. The predicted molar refractivity (Wildman–Crippen MR) is 139 cm³/mol. The summed E-state index contributed by atoms with van der Waals surface area (Å²) in [6.45, 7) is 7.17. The summed E-state index contributed by atoms with van der Waals surface area (Å²) in [6, 6.07) is 10.5. The van der Waals surface area contributed by atoms with Crippen molar-refractivity contribution in [2.24, 2.45) is 0 Å². The van der Waals surface area contributed by atoms with Crippen molar-refractivity contribution in [3.05, 3.63) is 69.3 Å². The number of benzene rings is 2. The second kappa shape index (κ2) is 12.5. The summed E-state index contributed by atoms with van der Waals surface area (Å²) in [6.07, 6.45) is 1.98. The Morgan fingerprint density at radius 3 is 2.36 bits per heavy atom. The molecule has 2 rings (SSSR count). The van der Waals surface area contributed by atoms with Crippen LogP contribution in [0, 0.1) is 24.0 Å². The zero-order valence-corrected chi connectivity index (χ0v) is 22.2. The van der Waals surface area contributed by atoms with Gasteiger partial charge >= 0.3 is 0 Å². The number of nitro groups is 1. The zero-order chi connectivity index (χ0) is 27.0. The Morgan fingerprint density at radius 2 is 1.81 bits per heavy atom. The molecule has 2 aromatic rings. The van der Waals surface area contributed by atoms with Crippen molar-refractivity contribution >= 4 is 33.2 Å². The molecule has 0 saturated heterocycles. The normalized spacial score (nSPS) is 12.0. The number of nitrogens with zero attached hydrogens (tertiary/aromatic N) is 3. The third kappa shape index (κ3) is 7.51. The molecule has 0 aliphatic heterocycles. The van der Waals surface area contributed by atoms with Gasteiger partial charge in [-0.2, -0.15) is 0 Å². The molecule has 10 nitrogen and oxygen atoms in total. The van der Waals surface area contributed by atoms with E-state index in [1.807, 2.05) is 38.1 Å². The lowest BCUT2D eigenvalue weighted by Crippen LogP contribution is -2.52. The molecule has 0 unspecified atom stereocenters. The van der Waals surface area contributed by atoms with Crippen molar-refractivity contribution in [1.29, 1.82) is 0 Å². The maximum Gasteiger partial charge on any atom is 0.271 e. The molecule has 0 spiro atoms. The largest absolute Gasteiger partial charge is 0.354 e. The average molecular weight is 519 g/mol. The van der Waals surface area contributed by atoms with Crippen LogP contribution in [0.5, 0.6) is 0 Å². The highest BCUT2D eigenvalue weighted by molar-refractivity contribution is 7.92. The highest BCUT2D eigenvalue weighted by Crippen LogP contribution is 2.28. The van der Waals surface area contributed by atoms with Gasteiger partial charge in [0.1, 0.15) is 12.6 Å². The van der Waals surface area contributed by atoms with Gasteiger partial charge in [0, 0.05) is 25.2 Å². The summed E-state index contributed by atoms with van der Waals surface area (Å²) in [5.41, 5.74) is 1.98. The van der Waals surface area contributed by atoms with Crippen LogP contribution in [0.25, 0.3) is 0 Å². The average Bonchev–Trinajstić information content (AvgIpc) is 2.80. The summed E-state index contributed by atoms with van der Waals surface area (Å²) in [5, 5.41) is 14.1. The van der Waals surface area contributed by atoms with Crippen LogP contribution >= 0.6 is 0 Å². The van der Waals surface area contributed by atoms with E-state index in [9.17, 15) is 28.1 Å². The van der Waals surface area contributed by atoms with E-state index in [1.165, 1.54) is 17.0 Å². The van der Waals surface area contributed by atoms with Crippen molar-refractivity contribution < 1.29 is 22.9 Å². The molecule has 0 saturated carbocycles. The molecule has 11 heteroatoms. The molecule has 0 bridgehead atoms. The SMILES string of the molecule is CCCNC(=O)[C@@H](CC)N(Cc1cccc(C)c1)C(=O)CN(c1cc([N+](=O)[O-])ccc1C)S(C)(=O)=O. The van der Waals surface area contributed by atoms with Gasteiger partial charge in [-0.15, -0.1) is 0 Å². The number of anilines is 1. The Labute approximate surface area is 212 Å². The maximum atomic E-state index is 13.7. The van der Waals surface area contributed by atoms with Crippen LogP contribution in [0.2, 0.25) is 0 Å². The molecule has 0 aromatic heterocycles. The van der Waals surface area contributed by atoms with Gasteiger partial charge in [0.2, 0.25) is 21.8 Å². The van der Waals surface area contributed by atoms with E-state index in [4.69, 9.17) is 0 Å². The van der Waals surface area contributed by atoms with Crippen molar-refractivity contribution in [3.8, 4) is 0 Å². The van der Waals surface area contributed by atoms with E-state index in [-0.39, 0.29) is 23.8 Å². The highest BCUT2D eigenvalue weighted by Gasteiger charge is 2.32. The predicted octanol–water partition coefficient (Wildman–Crippen LogP) is 3.31. The molecule has 2 amide bonds. The maximum absolute atomic E-state index is 13.7. The molecule has 1 N–H and O–H groups in total. The van der Waals surface area contributed by atoms with Crippen molar-refractivity contribution in [1.82, 2.24) is 10.2 Å². The number of nitro benzene ring substituents is 1. The molecule has 2 aromatic carbocycles. The number of sulfonamides is 1. The second-order valence-corrected chi connectivity index (χ2v) is 10.6. The van der Waals surface area contributed by atoms with Gasteiger partial charge in [0.15, 0.2) is 0 Å². The molecule has 0 aliphatic rings. The van der Waals surface area contributed by atoms with Gasteiger partial charge in [-0.3, -0.25) is 24.0 Å². The Hall–Kier alpha value is -3.47. The number of rotatable bonds is 12. The number of amides is 2. The van der Waals surface area contributed by atoms with Crippen molar-refractivity contribution in [3.63, 3.8) is 0 Å². The quantitative estimate of drug-likeness (QED) is 0.339. The molecule has 0 fully saturated rings. The third-order valence-corrected chi connectivity index (χ3v) is 6.85. The lowest BCUT2D eigenvalue weighted by atomic mass is 10.1. The number of carbonyl (C=O) groups is 2. The van der Waals surface area contributed by atoms with Gasteiger partial charge in [0.25, 0.3) is 5.69 Å². The number of carbonyl (C=O) groups excluding carboxylic acids is 2. The van der Waals surface area contributed by atoms with E-state index < -0.39 is 33.4 Å². The summed E-state index contributed by atoms with van der Waals surface area (Å²) in [7, 11) is -4.00. The van der Waals surface area contributed by atoms with E-state index in [1.54, 1.807) is 13.8 Å². The summed E-state index contributed by atoms with van der Waals surface area (Å²) < 4.78 is 26.4. The number of hydrogen-bond acceptors (Lipinski definition) is 6. The summed E-state index contributed by atoms with van der Waals surface area (Å²) >= 11 is 0. The molecule has 0 radical (unpaired) electrons. The minimum absolute atomic E-state index is 0.0408. The Kier molecular flexibility index (Phi) is 9.97. The second-order valence-electron chi connectivity index (χ2n) is 8.72. The topological polar surface area (TPSA) is 130 Å². The minimum atomic E-state index is -4.00. The fourth-order valence-corrected chi connectivity index (χ4v) is 4.77. The van der Waals surface area contributed by atoms with Gasteiger partial charge in [-0.1, -0.05) is 49.7 Å². The Morgan fingerprint density at radius 1 is 1.11 bits per heavy atom. The van der Waals surface area contributed by atoms with Gasteiger partial charge in [-0.25, -0.2) is 8.42 Å². The van der Waals surface area contributed by atoms with Crippen molar-refractivity contribution in [2.75, 3.05) is 23.7 Å². The molecule has 36 heavy (non-hydrogen) atoms. The van der Waals surface area contributed by atoms with Crippen LogP contribution < -0.4 is 9.62 Å². The zero-order valence-electron chi connectivity index (χ0n) is 21.4. The van der Waals surface area contributed by atoms with Crippen LogP contribution in [0.15, 0.2) is 42.5 Å². The number of hydrogen-bond donors (Lipinski definition) is 1. The molecular weight excluding hydrogens is 484 g/mol. The Bertz CT molecular complexity index is 1210. The van der Waals surface area contributed by atoms with Gasteiger partial charge in [-0.05, 0) is 37.8 Å². The van der Waals surface area contributed by atoms with Gasteiger partial charge < -0.3 is 10.2 Å². The fraction of sp³-hybridized carbons (Fsp3) is 0.440. The van der Waals surface area contributed by atoms with Crippen LogP contribution in [-0.2, 0) is 26.2 Å². The minimum Gasteiger partial charge on any atom is -0.354 e. The van der Waals surface area contributed by atoms with E-state index in [0.717, 1.165) is 34.2 Å². The first kappa shape index (κ1) is 28.8. The number of non-ortho nitro benzene ring substituents is 1. The fourth-order valence-electron chi connectivity index (χ4n) is 3.87. The first-order chi connectivity index (χ1) is 16.9. The smallest absolute Gasteiger partial charge is 0.271 e. The molecular formula is C25H34N4O6S. The molecule has 196 valence electrons. The van der Waals surface area contributed by atoms with Crippen LogP contribution in [0.1, 0.15) is 43.4 Å². The first-order valence-corrected chi connectivity index (χ1v) is 13.6. The summed E-state index contributed by atoms with van der Waals surface area (Å²) in [5.74, 6) is -0.913. The van der Waals surface area contributed by atoms with Gasteiger partial charge in [0.05, 0.1) is 16.9 Å².